The van der Waals surface area contributed by atoms with Gasteiger partial charge in [0.05, 0.1) is 0 Å². The second kappa shape index (κ2) is 6.25. The molecule has 100 valence electrons. The minimum absolute atomic E-state index is 0.457. The van der Waals surface area contributed by atoms with Crippen molar-refractivity contribution in [2.75, 3.05) is 5.32 Å². The van der Waals surface area contributed by atoms with Gasteiger partial charge in [-0.15, -0.1) is 0 Å². The zero-order chi connectivity index (χ0) is 14.5. The Bertz CT molecular complexity index is 512. The van der Waals surface area contributed by atoms with Gasteiger partial charge in [-0.2, -0.15) is 5.26 Å². The first kappa shape index (κ1) is 15.1. The van der Waals surface area contributed by atoms with Crippen molar-refractivity contribution in [3.63, 3.8) is 0 Å². The van der Waals surface area contributed by atoms with E-state index in [1.807, 2.05) is 5.40 Å². The van der Waals surface area contributed by atoms with Gasteiger partial charge < -0.3 is 10.6 Å². The van der Waals surface area contributed by atoms with E-state index in [0.717, 1.165) is 16.7 Å². The zero-order valence-electron chi connectivity index (χ0n) is 11.0. The number of hydrogen-bond donors (Lipinski definition) is 2. The molecule has 2 N–H and O–H groups in total. The highest BCUT2D eigenvalue weighted by molar-refractivity contribution is 8.03. The van der Waals surface area contributed by atoms with E-state index in [9.17, 15) is 9.59 Å². The summed E-state index contributed by atoms with van der Waals surface area (Å²) in [5.74, 6) is -1.39. The quantitative estimate of drug-likeness (QED) is 0.493. The summed E-state index contributed by atoms with van der Waals surface area (Å²) in [5.41, 5.74) is 0.0539. The van der Waals surface area contributed by atoms with E-state index in [0.29, 0.717) is 5.69 Å². The summed E-state index contributed by atoms with van der Waals surface area (Å²) in [5, 5.41) is 15.5. The molecule has 6 heteroatoms. The van der Waals surface area contributed by atoms with Crippen LogP contribution in [0.2, 0.25) is 0 Å². The normalized spacial score (nSPS) is 10.4. The summed E-state index contributed by atoms with van der Waals surface area (Å²) in [6.07, 6.45) is 0. The lowest BCUT2D eigenvalue weighted by atomic mass is 10.1. The summed E-state index contributed by atoms with van der Waals surface area (Å²) in [4.78, 5) is 24.0. The maximum atomic E-state index is 11.6. The molecule has 0 unspecified atom stereocenters. The predicted molar refractivity (Wildman–Crippen MR) is 74.4 cm³/mol. The number of nitriles is 1. The van der Waals surface area contributed by atoms with Crippen molar-refractivity contribution in [2.24, 2.45) is 0 Å². The van der Waals surface area contributed by atoms with Gasteiger partial charge in [0.2, 0.25) is 0 Å². The Kier molecular flexibility index (Phi) is 4.95. The van der Waals surface area contributed by atoms with E-state index >= 15 is 0 Å². The molecule has 19 heavy (non-hydrogen) atoms. The first-order valence-corrected chi connectivity index (χ1v) is 6.43. The highest BCUT2D eigenvalue weighted by Gasteiger charge is 2.20. The highest BCUT2D eigenvalue weighted by Crippen LogP contribution is 2.18. The molecule has 0 saturated heterocycles. The van der Waals surface area contributed by atoms with E-state index in [2.05, 4.69) is 10.6 Å². The molecule has 1 aromatic rings. The van der Waals surface area contributed by atoms with E-state index < -0.39 is 17.4 Å². The molecule has 0 saturated carbocycles. The summed E-state index contributed by atoms with van der Waals surface area (Å²) < 4.78 is 0. The maximum absolute atomic E-state index is 11.6. The predicted octanol–water partition coefficient (Wildman–Crippen LogP) is 2.11. The first-order chi connectivity index (χ1) is 8.81. The molecule has 1 aromatic carbocycles. The number of rotatable bonds is 2. The lowest BCUT2D eigenvalue weighted by molar-refractivity contribution is -0.137. The fraction of sp³-hybridized carbons (Fsp3) is 0.308. The second-order valence-corrected chi connectivity index (χ2v) is 5.73. The third kappa shape index (κ3) is 5.44. The van der Waals surface area contributed by atoms with Gasteiger partial charge in [0.25, 0.3) is 0 Å². The summed E-state index contributed by atoms with van der Waals surface area (Å²) >= 11 is 1.03. The lowest BCUT2D eigenvalue weighted by Gasteiger charge is -2.19. The van der Waals surface area contributed by atoms with Crippen molar-refractivity contribution < 1.29 is 9.59 Å². The molecule has 0 bridgehead atoms. The number of carbonyl (C=O) groups is 2. The number of nitrogens with one attached hydrogen (secondary N) is 2. The fourth-order valence-electron chi connectivity index (χ4n) is 1.24. The Morgan fingerprint density at radius 3 is 2.21 bits per heavy atom. The molecule has 0 atom stereocenters. The van der Waals surface area contributed by atoms with Crippen molar-refractivity contribution in [1.82, 2.24) is 5.32 Å². The van der Waals surface area contributed by atoms with Gasteiger partial charge >= 0.3 is 11.8 Å². The standard InChI is InChI=1S/C13H15N3O2S/c1-13(2,3)16-12(18)11(17)15-9-4-6-10(7-5-9)19-8-14/h4-7H,1-3H3,(H,15,17)(H,16,18). The van der Waals surface area contributed by atoms with E-state index in [4.69, 9.17) is 5.26 Å². The zero-order valence-corrected chi connectivity index (χ0v) is 11.8. The van der Waals surface area contributed by atoms with Crippen LogP contribution in [0.1, 0.15) is 20.8 Å². The number of anilines is 1. The number of benzene rings is 1. The van der Waals surface area contributed by atoms with Crippen molar-refractivity contribution >= 4 is 29.3 Å². The number of carbonyl (C=O) groups excluding carboxylic acids is 2. The molecule has 0 aromatic heterocycles. The minimum Gasteiger partial charge on any atom is -0.343 e. The average Bonchev–Trinajstić information content (AvgIpc) is 2.29. The van der Waals surface area contributed by atoms with Gasteiger partial charge in [-0.3, -0.25) is 9.59 Å². The van der Waals surface area contributed by atoms with Crippen LogP contribution in [0.25, 0.3) is 0 Å². The SMILES string of the molecule is CC(C)(C)NC(=O)C(=O)Nc1ccc(SC#N)cc1. The van der Waals surface area contributed by atoms with Crippen molar-refractivity contribution in [3.05, 3.63) is 24.3 Å². The van der Waals surface area contributed by atoms with Gasteiger partial charge in [0, 0.05) is 16.1 Å². The Morgan fingerprint density at radius 1 is 1.16 bits per heavy atom. The molecule has 0 aliphatic rings. The summed E-state index contributed by atoms with van der Waals surface area (Å²) in [6.45, 7) is 5.39. The molecule has 0 heterocycles. The van der Waals surface area contributed by atoms with Crippen LogP contribution in [0.3, 0.4) is 0 Å². The fourth-order valence-corrected chi connectivity index (χ4v) is 1.62. The molecule has 0 spiro atoms. The van der Waals surface area contributed by atoms with Crippen molar-refractivity contribution in [2.45, 2.75) is 31.2 Å². The van der Waals surface area contributed by atoms with Crippen LogP contribution in [-0.2, 0) is 9.59 Å². The minimum atomic E-state index is -0.712. The Labute approximate surface area is 116 Å². The number of hydrogen-bond acceptors (Lipinski definition) is 4. The summed E-state index contributed by atoms with van der Waals surface area (Å²) in [7, 11) is 0. The van der Waals surface area contributed by atoms with Gasteiger partial charge in [0.15, 0.2) is 0 Å². The number of thioether (sulfide) groups is 1. The molecule has 0 fully saturated rings. The highest BCUT2D eigenvalue weighted by atomic mass is 32.2. The number of amides is 2. The van der Waals surface area contributed by atoms with Crippen LogP contribution in [0.4, 0.5) is 5.69 Å². The topological polar surface area (TPSA) is 82.0 Å². The van der Waals surface area contributed by atoms with Crippen molar-refractivity contribution in [3.8, 4) is 5.40 Å². The van der Waals surface area contributed by atoms with Gasteiger partial charge in [-0.05, 0) is 56.8 Å². The molecule has 0 aliphatic heterocycles. The van der Waals surface area contributed by atoms with E-state index in [1.54, 1.807) is 45.0 Å². The van der Waals surface area contributed by atoms with Crippen LogP contribution >= 0.6 is 11.8 Å². The van der Waals surface area contributed by atoms with Gasteiger partial charge in [-0.25, -0.2) is 0 Å². The Balaban J connectivity index is 2.62. The monoisotopic (exact) mass is 277 g/mol. The average molecular weight is 277 g/mol. The molecular formula is C13H15N3O2S. The molecule has 5 nitrogen and oxygen atoms in total. The largest absolute Gasteiger partial charge is 0.343 e. The number of nitrogens with zero attached hydrogens (tertiary/aromatic N) is 1. The van der Waals surface area contributed by atoms with Crippen LogP contribution in [0, 0.1) is 10.7 Å². The third-order valence-corrected chi connectivity index (χ3v) is 2.57. The van der Waals surface area contributed by atoms with E-state index in [-0.39, 0.29) is 0 Å². The summed E-state index contributed by atoms with van der Waals surface area (Å²) in [6, 6.07) is 6.68. The van der Waals surface area contributed by atoms with Gasteiger partial charge in [0.1, 0.15) is 5.40 Å². The third-order valence-electron chi connectivity index (χ3n) is 1.97. The van der Waals surface area contributed by atoms with Crippen LogP contribution < -0.4 is 10.6 Å². The van der Waals surface area contributed by atoms with Crippen LogP contribution in [0.5, 0.6) is 0 Å². The second-order valence-electron chi connectivity index (χ2n) is 4.88. The van der Waals surface area contributed by atoms with Crippen molar-refractivity contribution in [1.29, 1.82) is 5.26 Å². The lowest BCUT2D eigenvalue weighted by Crippen LogP contribution is -2.46. The molecule has 0 aliphatic carbocycles. The Hall–Kier alpha value is -2.00. The van der Waals surface area contributed by atoms with Crippen LogP contribution in [-0.4, -0.2) is 17.4 Å². The smallest absolute Gasteiger partial charge is 0.313 e. The number of thiocyanates is 1. The Morgan fingerprint density at radius 2 is 1.74 bits per heavy atom. The molecule has 0 radical (unpaired) electrons. The maximum Gasteiger partial charge on any atom is 0.313 e. The molecular weight excluding hydrogens is 262 g/mol. The van der Waals surface area contributed by atoms with Gasteiger partial charge in [-0.1, -0.05) is 0 Å². The molecule has 2 amide bonds. The molecule has 1 rings (SSSR count). The van der Waals surface area contributed by atoms with Crippen LogP contribution in [0.15, 0.2) is 29.2 Å². The first-order valence-electron chi connectivity index (χ1n) is 5.61. The van der Waals surface area contributed by atoms with E-state index in [1.165, 1.54) is 0 Å².